The fourth-order valence-corrected chi connectivity index (χ4v) is 6.58. The highest BCUT2D eigenvalue weighted by Gasteiger charge is 2.27. The number of para-hydroxylation sites is 2. The highest BCUT2D eigenvalue weighted by molar-refractivity contribution is 7.47. The lowest BCUT2D eigenvalue weighted by Gasteiger charge is -2.19. The second-order valence-corrected chi connectivity index (χ2v) is 13.8. The van der Waals surface area contributed by atoms with E-state index in [-0.39, 0.29) is 6.61 Å². The number of unbranched alkanes of at least 4 members (excludes halogenated alkanes) is 15. The average Bonchev–Trinajstić information content (AvgIpc) is 3.06. The maximum Gasteiger partial charge on any atom is 0.527 e. The number of ether oxygens (including phenoxy) is 2. The maximum atomic E-state index is 12.9. The van der Waals surface area contributed by atoms with Crippen LogP contribution >= 0.6 is 7.82 Å². The predicted molar refractivity (Wildman–Crippen MR) is 187 cm³/mol. The highest BCUT2D eigenvalue weighted by atomic mass is 31.2. The molecule has 1 N–H and O–H groups in total. The Balaban J connectivity index is 1.24. The van der Waals surface area contributed by atoms with Crippen LogP contribution in [0, 0.1) is 0 Å². The number of aromatic nitrogens is 1. The number of nitrogens with zero attached hydrogens (tertiary/aromatic N) is 1. The van der Waals surface area contributed by atoms with Gasteiger partial charge in [-0.3, -0.25) is 9.42 Å². The number of phosphoric ester groups is 1. The van der Waals surface area contributed by atoms with E-state index >= 15 is 0 Å². The van der Waals surface area contributed by atoms with E-state index in [1.54, 1.807) is 19.2 Å². The molecule has 8 heteroatoms. The van der Waals surface area contributed by atoms with Crippen LogP contribution in [0.5, 0.6) is 5.75 Å². The summed E-state index contributed by atoms with van der Waals surface area (Å²) in [6.45, 7) is 3.59. The minimum Gasteiger partial charge on any atom is -0.404 e. The van der Waals surface area contributed by atoms with Crippen molar-refractivity contribution in [3.05, 3.63) is 72.4 Å². The summed E-state index contributed by atoms with van der Waals surface area (Å²) in [6, 6.07) is 19.4. The molecule has 2 atom stereocenters. The number of rotatable bonds is 27. The van der Waals surface area contributed by atoms with Crippen LogP contribution in [0.3, 0.4) is 0 Å². The fourth-order valence-electron chi connectivity index (χ4n) is 5.74. The van der Waals surface area contributed by atoms with Gasteiger partial charge >= 0.3 is 7.82 Å². The molecule has 0 bridgehead atoms. The summed E-state index contributed by atoms with van der Waals surface area (Å²) in [4.78, 5) is 10.5. The van der Waals surface area contributed by atoms with Crippen molar-refractivity contribution in [2.45, 2.75) is 122 Å². The van der Waals surface area contributed by atoms with Gasteiger partial charge in [0.1, 0.15) is 11.9 Å². The second kappa shape index (κ2) is 23.1. The zero-order valence-corrected chi connectivity index (χ0v) is 29.3. The largest absolute Gasteiger partial charge is 0.527 e. The smallest absolute Gasteiger partial charge is 0.404 e. The third-order valence-electron chi connectivity index (χ3n) is 8.52. The van der Waals surface area contributed by atoms with E-state index in [4.69, 9.17) is 18.5 Å². The van der Waals surface area contributed by atoms with Crippen LogP contribution in [0.1, 0.15) is 115 Å². The lowest BCUT2D eigenvalue weighted by Crippen LogP contribution is -2.34. The molecule has 2 aromatic carbocycles. The number of methoxy groups -OCH3 is 1. The summed E-state index contributed by atoms with van der Waals surface area (Å²) < 4.78 is 37.0. The van der Waals surface area contributed by atoms with Gasteiger partial charge in [-0.2, -0.15) is 4.57 Å². The Kier molecular flexibility index (Phi) is 19.2. The molecule has 3 aromatic rings. The lowest BCUT2D eigenvalue weighted by atomic mass is 10.0. The van der Waals surface area contributed by atoms with Crippen molar-refractivity contribution in [3.63, 3.8) is 0 Å². The summed E-state index contributed by atoms with van der Waals surface area (Å²) in [6.07, 6.45) is 22.9. The van der Waals surface area contributed by atoms with Crippen molar-refractivity contribution in [3.8, 4) is 5.75 Å². The van der Waals surface area contributed by atoms with Gasteiger partial charge in [-0.15, -0.1) is 0 Å². The number of fused-ring (bicyclic) bond motifs is 1. The van der Waals surface area contributed by atoms with E-state index in [9.17, 15) is 9.46 Å². The van der Waals surface area contributed by atoms with Crippen molar-refractivity contribution < 1.29 is 32.5 Å². The van der Waals surface area contributed by atoms with Gasteiger partial charge in [0.2, 0.25) is 5.52 Å². The molecule has 0 fully saturated rings. The molecule has 0 spiro atoms. The molecule has 2 unspecified atom stereocenters. The van der Waals surface area contributed by atoms with Gasteiger partial charge in [-0.25, -0.2) is 4.57 Å². The molecular formula is C38H59NO6P+. The third kappa shape index (κ3) is 15.5. The van der Waals surface area contributed by atoms with Crippen molar-refractivity contribution in [2.24, 2.45) is 0 Å². The van der Waals surface area contributed by atoms with Crippen molar-refractivity contribution in [1.82, 2.24) is 0 Å². The van der Waals surface area contributed by atoms with Gasteiger partial charge in [-0.1, -0.05) is 128 Å². The zero-order chi connectivity index (χ0) is 32.7. The van der Waals surface area contributed by atoms with Crippen LogP contribution in [0.15, 0.2) is 66.9 Å². The number of hydrogen-bond acceptors (Lipinski definition) is 5. The molecule has 0 saturated heterocycles. The summed E-state index contributed by atoms with van der Waals surface area (Å²) in [5.41, 5.74) is 1.83. The Labute approximate surface area is 278 Å². The summed E-state index contributed by atoms with van der Waals surface area (Å²) in [5.74, 6) is 0.308. The third-order valence-corrected chi connectivity index (χ3v) is 9.42. The lowest BCUT2D eigenvalue weighted by molar-refractivity contribution is -0.662. The standard InChI is InChI=1S/C38H58NO6P/c1-3-4-5-6-7-8-9-10-11-12-13-14-15-16-17-22-30-43-32-36(42-2)33-44-46(40,41)45-38-28-21-19-25-35(38)31-39-29-23-26-34-24-18-20-27-37(34)39/h18-21,23-29,36H,3-17,22,30-33H2,1-2H3/p+1. The highest BCUT2D eigenvalue weighted by Crippen LogP contribution is 2.45. The first-order chi connectivity index (χ1) is 22.5. The Bertz CT molecular complexity index is 1270. The number of hydrogen-bond donors (Lipinski definition) is 1. The molecule has 0 aliphatic heterocycles. The van der Waals surface area contributed by atoms with Gasteiger partial charge in [0.05, 0.1) is 18.8 Å². The van der Waals surface area contributed by atoms with E-state index in [0.717, 1.165) is 29.3 Å². The molecule has 1 heterocycles. The normalized spacial score (nSPS) is 13.5. The van der Waals surface area contributed by atoms with Crippen LogP contribution < -0.4 is 9.09 Å². The van der Waals surface area contributed by atoms with Crippen LogP contribution in [0.25, 0.3) is 10.9 Å². The quantitative estimate of drug-likeness (QED) is 0.0500. The first-order valence-electron chi connectivity index (χ1n) is 17.7. The Hall–Kier alpha value is -2.28. The Morgan fingerprint density at radius 1 is 0.717 bits per heavy atom. The zero-order valence-electron chi connectivity index (χ0n) is 28.5. The second-order valence-electron chi connectivity index (χ2n) is 12.4. The summed E-state index contributed by atoms with van der Waals surface area (Å²) >= 11 is 0. The topological polar surface area (TPSA) is 78.1 Å². The van der Waals surface area contributed by atoms with Gasteiger partial charge in [0.15, 0.2) is 12.7 Å². The minimum absolute atomic E-state index is 0.108. The molecule has 7 nitrogen and oxygen atoms in total. The molecular weight excluding hydrogens is 597 g/mol. The molecule has 0 amide bonds. The molecule has 1 aromatic heterocycles. The van der Waals surface area contributed by atoms with E-state index < -0.39 is 13.9 Å². The molecule has 3 rings (SSSR count). The van der Waals surface area contributed by atoms with E-state index in [1.165, 1.54) is 89.9 Å². The van der Waals surface area contributed by atoms with Crippen molar-refractivity contribution in [1.29, 1.82) is 0 Å². The molecule has 0 saturated carbocycles. The number of pyridine rings is 1. The number of phosphoric acid groups is 1. The van der Waals surface area contributed by atoms with Gasteiger partial charge in [0, 0.05) is 31.2 Å². The summed E-state index contributed by atoms with van der Waals surface area (Å²) in [7, 11) is -2.84. The molecule has 0 aliphatic rings. The van der Waals surface area contributed by atoms with Crippen LogP contribution in [-0.2, 0) is 25.1 Å². The van der Waals surface area contributed by atoms with Gasteiger partial charge < -0.3 is 14.0 Å². The predicted octanol–water partition coefficient (Wildman–Crippen LogP) is 9.96. The monoisotopic (exact) mass is 656 g/mol. The first-order valence-corrected chi connectivity index (χ1v) is 19.2. The maximum absolute atomic E-state index is 12.9. The van der Waals surface area contributed by atoms with Crippen LogP contribution in [-0.4, -0.2) is 37.9 Å². The fraction of sp³-hybridized carbons (Fsp3) is 0.605. The van der Waals surface area contributed by atoms with Gasteiger partial charge in [0.25, 0.3) is 0 Å². The molecule has 0 radical (unpaired) electrons. The van der Waals surface area contributed by atoms with E-state index in [1.807, 2.05) is 42.6 Å². The number of benzene rings is 2. The van der Waals surface area contributed by atoms with Crippen molar-refractivity contribution >= 4 is 18.7 Å². The SMILES string of the molecule is CCCCCCCCCCCCCCCCCCOCC(COP(=O)(O)Oc1ccccc1C[n+]1cccc2ccccc21)OC. The Morgan fingerprint density at radius 2 is 1.28 bits per heavy atom. The van der Waals surface area contributed by atoms with E-state index in [2.05, 4.69) is 23.6 Å². The molecule has 0 aliphatic carbocycles. The van der Waals surface area contributed by atoms with Crippen molar-refractivity contribution in [2.75, 3.05) is 26.9 Å². The van der Waals surface area contributed by atoms with E-state index in [0.29, 0.717) is 25.5 Å². The summed E-state index contributed by atoms with van der Waals surface area (Å²) in [5, 5.41) is 1.11. The molecule has 256 valence electrons. The average molecular weight is 657 g/mol. The molecule has 46 heavy (non-hydrogen) atoms. The van der Waals surface area contributed by atoms with Crippen LogP contribution in [0.4, 0.5) is 0 Å². The Morgan fingerprint density at radius 3 is 1.93 bits per heavy atom. The van der Waals surface area contributed by atoms with Gasteiger partial charge in [-0.05, 0) is 30.7 Å². The van der Waals surface area contributed by atoms with Crippen LogP contribution in [0.2, 0.25) is 0 Å². The minimum atomic E-state index is -4.38. The first kappa shape index (κ1) is 38.2.